The van der Waals surface area contributed by atoms with Gasteiger partial charge in [0.05, 0.1) is 14.2 Å². The minimum atomic E-state index is -0.386. The number of methoxy groups -OCH3 is 1. The Hall–Kier alpha value is -2.40. The molecule has 1 atom stereocenters. The van der Waals surface area contributed by atoms with E-state index in [-0.39, 0.29) is 17.5 Å². The summed E-state index contributed by atoms with van der Waals surface area (Å²) in [4.78, 5) is 13.2. The lowest BCUT2D eigenvalue weighted by Gasteiger charge is -2.15. The zero-order valence-electron chi connectivity index (χ0n) is 14.6. The van der Waals surface area contributed by atoms with Crippen molar-refractivity contribution >= 4 is 11.6 Å². The number of nitrogens with one attached hydrogen (secondary N) is 2. The van der Waals surface area contributed by atoms with Crippen molar-refractivity contribution in [2.24, 2.45) is 0 Å². The molecule has 2 N–H and O–H groups in total. The van der Waals surface area contributed by atoms with Crippen LogP contribution in [0.25, 0.3) is 0 Å². The van der Waals surface area contributed by atoms with Crippen LogP contribution in [0.5, 0.6) is 5.75 Å². The molecule has 1 unspecified atom stereocenters. The SMILES string of the molecule is COc1ccc(C[NH+](C)CC(=O)Nc2cccc(C)c2C)cc1F. The molecule has 0 radical (unpaired) electrons. The highest BCUT2D eigenvalue weighted by Crippen LogP contribution is 2.18. The molecule has 0 heterocycles. The molecule has 1 amide bonds. The number of anilines is 1. The van der Waals surface area contributed by atoms with Crippen LogP contribution in [0, 0.1) is 19.7 Å². The molecule has 0 aromatic heterocycles. The van der Waals surface area contributed by atoms with Crippen molar-refractivity contribution in [1.29, 1.82) is 0 Å². The number of hydrogen-bond donors (Lipinski definition) is 2. The molecule has 5 heteroatoms. The molecule has 24 heavy (non-hydrogen) atoms. The van der Waals surface area contributed by atoms with Crippen LogP contribution < -0.4 is 15.0 Å². The van der Waals surface area contributed by atoms with E-state index in [9.17, 15) is 9.18 Å². The van der Waals surface area contributed by atoms with Gasteiger partial charge in [-0.15, -0.1) is 0 Å². The molecular weight excluding hydrogens is 307 g/mol. The van der Waals surface area contributed by atoms with E-state index in [0.717, 1.165) is 27.3 Å². The van der Waals surface area contributed by atoms with Crippen molar-refractivity contribution in [2.45, 2.75) is 20.4 Å². The fourth-order valence-electron chi connectivity index (χ4n) is 2.59. The number of rotatable bonds is 6. The Morgan fingerprint density at radius 3 is 2.67 bits per heavy atom. The van der Waals surface area contributed by atoms with E-state index in [1.807, 2.05) is 45.2 Å². The van der Waals surface area contributed by atoms with Crippen molar-refractivity contribution in [2.75, 3.05) is 26.0 Å². The molecule has 4 nitrogen and oxygen atoms in total. The van der Waals surface area contributed by atoms with E-state index in [2.05, 4.69) is 5.32 Å². The van der Waals surface area contributed by atoms with E-state index in [0.29, 0.717) is 13.1 Å². The molecule has 0 aliphatic carbocycles. The zero-order chi connectivity index (χ0) is 17.7. The fraction of sp³-hybridized carbons (Fsp3) is 0.316. The van der Waals surface area contributed by atoms with E-state index in [1.54, 1.807) is 6.07 Å². The minimum absolute atomic E-state index is 0.0600. The Labute approximate surface area is 142 Å². The Morgan fingerprint density at radius 1 is 1.25 bits per heavy atom. The highest BCUT2D eigenvalue weighted by atomic mass is 19.1. The van der Waals surface area contributed by atoms with Gasteiger partial charge in [0.1, 0.15) is 6.54 Å². The van der Waals surface area contributed by atoms with Crippen LogP contribution in [0.4, 0.5) is 10.1 Å². The quantitative estimate of drug-likeness (QED) is 0.851. The van der Waals surface area contributed by atoms with Crippen LogP contribution in [0.3, 0.4) is 0 Å². The third-order valence-corrected chi connectivity index (χ3v) is 4.06. The van der Waals surface area contributed by atoms with Crippen LogP contribution in [-0.2, 0) is 11.3 Å². The Bertz CT molecular complexity index is 731. The Kier molecular flexibility index (Phi) is 5.93. The van der Waals surface area contributed by atoms with Gasteiger partial charge in [0.15, 0.2) is 18.1 Å². The van der Waals surface area contributed by atoms with Crippen molar-refractivity contribution < 1.29 is 18.8 Å². The molecule has 0 spiro atoms. The van der Waals surface area contributed by atoms with Gasteiger partial charge in [-0.1, -0.05) is 12.1 Å². The third-order valence-electron chi connectivity index (χ3n) is 4.06. The number of hydrogen-bond acceptors (Lipinski definition) is 2. The smallest absolute Gasteiger partial charge is 0.279 e. The molecule has 0 bridgehead atoms. The molecule has 0 saturated heterocycles. The van der Waals surface area contributed by atoms with Crippen LogP contribution in [-0.4, -0.2) is 26.6 Å². The maximum atomic E-state index is 13.7. The third kappa shape index (κ3) is 4.55. The van der Waals surface area contributed by atoms with Crippen molar-refractivity contribution in [3.8, 4) is 5.75 Å². The van der Waals surface area contributed by atoms with Gasteiger partial charge in [-0.25, -0.2) is 4.39 Å². The number of ether oxygens (including phenoxy) is 1. The molecular formula is C19H24FN2O2+. The molecule has 128 valence electrons. The number of quaternary nitrogens is 1. The minimum Gasteiger partial charge on any atom is -0.494 e. The molecule has 2 aromatic rings. The Morgan fingerprint density at radius 2 is 2.00 bits per heavy atom. The summed E-state index contributed by atoms with van der Waals surface area (Å²) in [5, 5.41) is 2.94. The van der Waals surface area contributed by atoms with Gasteiger partial charge in [-0.3, -0.25) is 4.79 Å². The highest BCUT2D eigenvalue weighted by Gasteiger charge is 2.13. The first-order chi connectivity index (χ1) is 11.4. The summed E-state index contributed by atoms with van der Waals surface area (Å²) in [6, 6.07) is 10.7. The largest absolute Gasteiger partial charge is 0.494 e. The summed E-state index contributed by atoms with van der Waals surface area (Å²) >= 11 is 0. The highest BCUT2D eigenvalue weighted by molar-refractivity contribution is 5.92. The maximum Gasteiger partial charge on any atom is 0.279 e. The van der Waals surface area contributed by atoms with Crippen molar-refractivity contribution in [1.82, 2.24) is 0 Å². The number of likely N-dealkylation sites (N-methyl/N-ethyl adjacent to an activating group) is 1. The first-order valence-electron chi connectivity index (χ1n) is 7.90. The molecule has 0 fully saturated rings. The number of halogens is 1. The van der Waals surface area contributed by atoms with E-state index in [1.165, 1.54) is 13.2 Å². The predicted octanol–water partition coefficient (Wildman–Crippen LogP) is 2.10. The second-order valence-corrected chi connectivity index (χ2v) is 6.08. The summed E-state index contributed by atoms with van der Waals surface area (Å²) in [5.74, 6) is -0.220. The second kappa shape index (κ2) is 7.93. The monoisotopic (exact) mass is 331 g/mol. The average molecular weight is 331 g/mol. The normalized spacial score (nSPS) is 11.9. The average Bonchev–Trinajstić information content (AvgIpc) is 2.52. The van der Waals surface area contributed by atoms with E-state index in [4.69, 9.17) is 4.74 Å². The number of benzene rings is 2. The van der Waals surface area contributed by atoms with Gasteiger partial charge in [0.25, 0.3) is 5.91 Å². The van der Waals surface area contributed by atoms with E-state index >= 15 is 0 Å². The van der Waals surface area contributed by atoms with Gasteiger partial charge >= 0.3 is 0 Å². The van der Waals surface area contributed by atoms with Crippen LogP contribution in [0.1, 0.15) is 16.7 Å². The van der Waals surface area contributed by atoms with Gasteiger partial charge in [0, 0.05) is 11.3 Å². The topological polar surface area (TPSA) is 42.8 Å². The van der Waals surface area contributed by atoms with Crippen molar-refractivity contribution in [3.05, 3.63) is 58.9 Å². The second-order valence-electron chi connectivity index (χ2n) is 6.08. The lowest BCUT2D eigenvalue weighted by molar-refractivity contribution is -0.885. The predicted molar refractivity (Wildman–Crippen MR) is 93.0 cm³/mol. The molecule has 2 aromatic carbocycles. The lowest BCUT2D eigenvalue weighted by Crippen LogP contribution is -3.08. The van der Waals surface area contributed by atoms with Crippen LogP contribution in [0.15, 0.2) is 36.4 Å². The summed E-state index contributed by atoms with van der Waals surface area (Å²) < 4.78 is 18.6. The van der Waals surface area contributed by atoms with E-state index < -0.39 is 0 Å². The Balaban J connectivity index is 1.94. The maximum absolute atomic E-state index is 13.7. The van der Waals surface area contributed by atoms with Gasteiger partial charge in [-0.05, 0) is 49.2 Å². The van der Waals surface area contributed by atoms with Crippen LogP contribution in [0.2, 0.25) is 0 Å². The summed E-state index contributed by atoms with van der Waals surface area (Å²) in [5.41, 5.74) is 3.87. The number of carbonyl (C=O) groups excluding carboxylic acids is 1. The molecule has 0 aliphatic heterocycles. The first-order valence-corrected chi connectivity index (χ1v) is 7.90. The van der Waals surface area contributed by atoms with Crippen molar-refractivity contribution in [3.63, 3.8) is 0 Å². The standard InChI is InChI=1S/C19H23FN2O2/c1-13-6-5-7-17(14(13)2)21-19(23)12-22(3)11-15-8-9-18(24-4)16(20)10-15/h5-10H,11-12H2,1-4H3,(H,21,23)/p+1. The van der Waals surface area contributed by atoms with Gasteiger partial charge in [-0.2, -0.15) is 0 Å². The van der Waals surface area contributed by atoms with Gasteiger partial charge < -0.3 is 15.0 Å². The summed E-state index contributed by atoms with van der Waals surface area (Å²) in [6.07, 6.45) is 0. The van der Waals surface area contributed by atoms with Crippen LogP contribution >= 0.6 is 0 Å². The molecule has 0 aliphatic rings. The number of carbonyl (C=O) groups is 1. The zero-order valence-corrected chi connectivity index (χ0v) is 14.6. The summed E-state index contributed by atoms with van der Waals surface area (Å²) in [7, 11) is 3.35. The lowest BCUT2D eigenvalue weighted by atomic mass is 10.1. The fourth-order valence-corrected chi connectivity index (χ4v) is 2.59. The number of aryl methyl sites for hydroxylation is 1. The summed E-state index contributed by atoms with van der Waals surface area (Å²) in [6.45, 7) is 4.87. The molecule has 2 rings (SSSR count). The first kappa shape index (κ1) is 17.9. The number of amides is 1. The molecule has 0 saturated carbocycles. The van der Waals surface area contributed by atoms with Gasteiger partial charge in [0.2, 0.25) is 0 Å².